The van der Waals surface area contributed by atoms with Crippen LogP contribution in [0.25, 0.3) is 0 Å². The molecule has 1 aliphatic heterocycles. The Hall–Kier alpha value is -1.20. The molecule has 1 atom stereocenters. The molecule has 16 heavy (non-hydrogen) atoms. The lowest BCUT2D eigenvalue weighted by Gasteiger charge is -2.32. The summed E-state index contributed by atoms with van der Waals surface area (Å²) in [6, 6.07) is 3.66. The van der Waals surface area contributed by atoms with Crippen molar-refractivity contribution in [1.82, 2.24) is 10.2 Å². The van der Waals surface area contributed by atoms with E-state index in [0.717, 1.165) is 31.7 Å². The molecule has 88 valence electrons. The summed E-state index contributed by atoms with van der Waals surface area (Å²) in [6.45, 7) is 1.96. The summed E-state index contributed by atoms with van der Waals surface area (Å²) in [5.74, 6) is 1.17. The number of rotatable bonds is 3. The van der Waals surface area contributed by atoms with E-state index in [9.17, 15) is 0 Å². The zero-order valence-electron chi connectivity index (χ0n) is 9.21. The maximum atomic E-state index is 9.14. The van der Waals surface area contributed by atoms with Gasteiger partial charge in [0.2, 0.25) is 0 Å². The summed E-state index contributed by atoms with van der Waals surface area (Å²) < 4.78 is 0. The topological polar surface area (TPSA) is 69.5 Å². The van der Waals surface area contributed by atoms with E-state index in [-0.39, 0.29) is 13.2 Å². The fourth-order valence-electron chi connectivity index (χ4n) is 2.03. The molecule has 2 N–H and O–H groups in total. The summed E-state index contributed by atoms with van der Waals surface area (Å²) in [6.07, 6.45) is 2.16. The first-order chi connectivity index (χ1) is 7.83. The predicted molar refractivity (Wildman–Crippen MR) is 60.0 cm³/mol. The fourth-order valence-corrected chi connectivity index (χ4v) is 2.03. The first kappa shape index (κ1) is 11.3. The van der Waals surface area contributed by atoms with Crippen molar-refractivity contribution >= 4 is 5.82 Å². The monoisotopic (exact) mass is 223 g/mol. The zero-order chi connectivity index (χ0) is 11.4. The van der Waals surface area contributed by atoms with Crippen LogP contribution in [0.1, 0.15) is 18.5 Å². The van der Waals surface area contributed by atoms with Crippen LogP contribution >= 0.6 is 0 Å². The molecule has 0 aromatic carbocycles. The number of anilines is 1. The van der Waals surface area contributed by atoms with Crippen LogP contribution in [-0.4, -0.2) is 40.1 Å². The smallest absolute Gasteiger partial charge is 0.151 e. The minimum atomic E-state index is -0.0768. The van der Waals surface area contributed by atoms with Gasteiger partial charge in [0, 0.05) is 19.7 Å². The van der Waals surface area contributed by atoms with Gasteiger partial charge >= 0.3 is 0 Å². The molecule has 1 aliphatic rings. The number of nitrogens with zero attached hydrogens (tertiary/aromatic N) is 3. The molecule has 1 aromatic heterocycles. The molecule has 1 aromatic rings. The average molecular weight is 223 g/mol. The lowest BCUT2D eigenvalue weighted by atomic mass is 9.99. The quantitative estimate of drug-likeness (QED) is 0.765. The van der Waals surface area contributed by atoms with Gasteiger partial charge in [0.15, 0.2) is 5.82 Å². The van der Waals surface area contributed by atoms with Crippen molar-refractivity contribution in [2.75, 3.05) is 24.6 Å². The van der Waals surface area contributed by atoms with Crippen molar-refractivity contribution in [3.8, 4) is 0 Å². The second kappa shape index (κ2) is 5.23. The molecule has 2 rings (SSSR count). The molecule has 0 bridgehead atoms. The van der Waals surface area contributed by atoms with Gasteiger partial charge in [0.05, 0.1) is 12.3 Å². The highest BCUT2D eigenvalue weighted by Gasteiger charge is 2.20. The minimum Gasteiger partial charge on any atom is -0.396 e. The van der Waals surface area contributed by atoms with Crippen LogP contribution in [0.2, 0.25) is 0 Å². The Bertz CT molecular complexity index is 329. The maximum Gasteiger partial charge on any atom is 0.151 e. The Morgan fingerprint density at radius 3 is 2.81 bits per heavy atom. The van der Waals surface area contributed by atoms with Gasteiger partial charge in [-0.3, -0.25) is 0 Å². The van der Waals surface area contributed by atoms with Crippen molar-refractivity contribution in [1.29, 1.82) is 0 Å². The van der Waals surface area contributed by atoms with Crippen molar-refractivity contribution in [3.05, 3.63) is 17.8 Å². The molecule has 1 saturated heterocycles. The van der Waals surface area contributed by atoms with Crippen molar-refractivity contribution in [3.63, 3.8) is 0 Å². The fraction of sp³-hybridized carbons (Fsp3) is 0.636. The number of piperidine rings is 1. The van der Waals surface area contributed by atoms with E-state index in [4.69, 9.17) is 10.2 Å². The van der Waals surface area contributed by atoms with E-state index in [1.807, 2.05) is 6.07 Å². The second-order valence-corrected chi connectivity index (χ2v) is 4.18. The Balaban J connectivity index is 2.05. The van der Waals surface area contributed by atoms with Crippen LogP contribution in [0, 0.1) is 5.92 Å². The second-order valence-electron chi connectivity index (χ2n) is 4.18. The number of hydrogen-bond acceptors (Lipinski definition) is 5. The van der Waals surface area contributed by atoms with Gasteiger partial charge in [0.25, 0.3) is 0 Å². The molecule has 0 saturated carbocycles. The lowest BCUT2D eigenvalue weighted by molar-refractivity contribution is 0.208. The number of aliphatic hydroxyl groups excluding tert-OH is 2. The Morgan fingerprint density at radius 2 is 2.19 bits per heavy atom. The Kier molecular flexibility index (Phi) is 3.69. The maximum absolute atomic E-state index is 9.14. The molecule has 2 heterocycles. The lowest BCUT2D eigenvalue weighted by Crippen LogP contribution is -2.37. The van der Waals surface area contributed by atoms with Gasteiger partial charge < -0.3 is 15.1 Å². The van der Waals surface area contributed by atoms with Crippen molar-refractivity contribution in [2.24, 2.45) is 5.92 Å². The molecular weight excluding hydrogens is 206 g/mol. The van der Waals surface area contributed by atoms with Gasteiger partial charge in [0.1, 0.15) is 0 Å². The highest BCUT2D eigenvalue weighted by atomic mass is 16.3. The third-order valence-electron chi connectivity index (χ3n) is 2.97. The molecule has 1 unspecified atom stereocenters. The molecule has 0 amide bonds. The molecule has 0 aliphatic carbocycles. The predicted octanol–water partition coefficient (Wildman–Crippen LogP) is 0.178. The van der Waals surface area contributed by atoms with E-state index in [1.165, 1.54) is 0 Å². The zero-order valence-corrected chi connectivity index (χ0v) is 9.21. The first-order valence-corrected chi connectivity index (χ1v) is 5.62. The largest absolute Gasteiger partial charge is 0.396 e. The summed E-state index contributed by atoms with van der Waals surface area (Å²) in [7, 11) is 0. The third kappa shape index (κ3) is 2.48. The Morgan fingerprint density at radius 1 is 1.31 bits per heavy atom. The van der Waals surface area contributed by atoms with Gasteiger partial charge in [-0.25, -0.2) is 0 Å². The first-order valence-electron chi connectivity index (χ1n) is 5.62. The molecule has 0 spiro atoms. The van der Waals surface area contributed by atoms with E-state index in [0.29, 0.717) is 11.6 Å². The van der Waals surface area contributed by atoms with Crippen LogP contribution in [0.5, 0.6) is 0 Å². The van der Waals surface area contributed by atoms with Crippen LogP contribution in [0.4, 0.5) is 5.82 Å². The van der Waals surface area contributed by atoms with Crippen LogP contribution < -0.4 is 4.90 Å². The number of hydrogen-bond donors (Lipinski definition) is 2. The van der Waals surface area contributed by atoms with Crippen LogP contribution in [0.3, 0.4) is 0 Å². The standard InChI is InChI=1S/C11H17N3O2/c15-7-9-2-1-5-14(6-9)11-4-3-10(8-16)12-13-11/h3-4,9,15-16H,1-2,5-8H2. The minimum absolute atomic E-state index is 0.0768. The van der Waals surface area contributed by atoms with Gasteiger partial charge in [-0.05, 0) is 30.9 Å². The molecule has 1 fully saturated rings. The van der Waals surface area contributed by atoms with Crippen molar-refractivity contribution < 1.29 is 10.2 Å². The average Bonchev–Trinajstić information content (AvgIpc) is 2.39. The number of aliphatic hydroxyl groups is 2. The van der Waals surface area contributed by atoms with E-state index < -0.39 is 0 Å². The van der Waals surface area contributed by atoms with Gasteiger partial charge in [-0.1, -0.05) is 0 Å². The third-order valence-corrected chi connectivity index (χ3v) is 2.97. The molecule has 5 nitrogen and oxygen atoms in total. The summed E-state index contributed by atoms with van der Waals surface area (Å²) in [4.78, 5) is 2.14. The highest BCUT2D eigenvalue weighted by molar-refractivity contribution is 5.37. The normalized spacial score (nSPS) is 21.1. The van der Waals surface area contributed by atoms with E-state index >= 15 is 0 Å². The van der Waals surface area contributed by atoms with Crippen LogP contribution in [0.15, 0.2) is 12.1 Å². The van der Waals surface area contributed by atoms with Gasteiger partial charge in [-0.15, -0.1) is 5.10 Å². The molecule has 5 heteroatoms. The van der Waals surface area contributed by atoms with E-state index in [2.05, 4.69) is 15.1 Å². The molecule has 0 radical (unpaired) electrons. The Labute approximate surface area is 94.7 Å². The van der Waals surface area contributed by atoms with Crippen LogP contribution in [-0.2, 0) is 6.61 Å². The van der Waals surface area contributed by atoms with Crippen molar-refractivity contribution in [2.45, 2.75) is 19.4 Å². The summed E-state index contributed by atoms with van der Waals surface area (Å²) in [5.41, 5.74) is 0.583. The van der Waals surface area contributed by atoms with Gasteiger partial charge in [-0.2, -0.15) is 5.10 Å². The van der Waals surface area contributed by atoms with E-state index in [1.54, 1.807) is 6.07 Å². The number of aromatic nitrogens is 2. The summed E-state index contributed by atoms with van der Waals surface area (Å²) >= 11 is 0. The SMILES string of the molecule is OCc1ccc(N2CCCC(CO)C2)nn1. The highest BCUT2D eigenvalue weighted by Crippen LogP contribution is 2.20. The summed E-state index contributed by atoms with van der Waals surface area (Å²) in [5, 5.41) is 26.0. The molecular formula is C11H17N3O2.